The van der Waals surface area contributed by atoms with Crippen LogP contribution in [0.3, 0.4) is 0 Å². The maximum atomic E-state index is 12.5. The van der Waals surface area contributed by atoms with E-state index in [1.165, 1.54) is 16.2 Å². The van der Waals surface area contributed by atoms with Gasteiger partial charge in [-0.2, -0.15) is 13.2 Å². The average molecular weight is 295 g/mol. The molecule has 0 bridgehead atoms. The lowest BCUT2D eigenvalue weighted by Gasteiger charge is -2.32. The molecule has 2 heterocycles. The predicted octanol–water partition coefficient (Wildman–Crippen LogP) is 3.45. The molecule has 0 unspecified atom stereocenters. The average Bonchev–Trinajstić information content (AvgIpc) is 2.74. The Kier molecular flexibility index (Phi) is 3.91. The summed E-state index contributed by atoms with van der Waals surface area (Å²) in [6.07, 6.45) is -4.15. The van der Waals surface area contributed by atoms with Crippen molar-refractivity contribution in [3.05, 3.63) is 16.3 Å². The SMILES string of the molecule is O=C(c1cc(S)cs1)N1CCC(C(F)(F)F)CC1. The van der Waals surface area contributed by atoms with Crippen LogP contribution in [0.25, 0.3) is 0 Å². The van der Waals surface area contributed by atoms with E-state index in [9.17, 15) is 18.0 Å². The van der Waals surface area contributed by atoms with E-state index in [0.717, 1.165) is 0 Å². The monoisotopic (exact) mass is 295 g/mol. The van der Waals surface area contributed by atoms with Crippen LogP contribution >= 0.6 is 24.0 Å². The maximum absolute atomic E-state index is 12.5. The van der Waals surface area contributed by atoms with Gasteiger partial charge in [0.2, 0.25) is 0 Å². The number of rotatable bonds is 1. The van der Waals surface area contributed by atoms with Crippen molar-refractivity contribution in [1.29, 1.82) is 0 Å². The summed E-state index contributed by atoms with van der Waals surface area (Å²) in [6, 6.07) is 1.64. The molecular weight excluding hydrogens is 283 g/mol. The number of alkyl halides is 3. The number of hydrogen-bond donors (Lipinski definition) is 1. The van der Waals surface area contributed by atoms with E-state index < -0.39 is 12.1 Å². The van der Waals surface area contributed by atoms with Gasteiger partial charge < -0.3 is 4.90 Å². The number of thiol groups is 1. The second-order valence-electron chi connectivity index (χ2n) is 4.28. The van der Waals surface area contributed by atoms with Crippen LogP contribution in [-0.2, 0) is 0 Å². The zero-order valence-electron chi connectivity index (χ0n) is 9.41. The van der Waals surface area contributed by atoms with Crippen molar-refractivity contribution in [1.82, 2.24) is 4.90 Å². The minimum absolute atomic E-state index is 0.00561. The number of carbonyl (C=O) groups excluding carboxylic acids is 1. The van der Waals surface area contributed by atoms with Crippen molar-refractivity contribution < 1.29 is 18.0 Å². The molecule has 0 atom stereocenters. The molecule has 0 aliphatic carbocycles. The number of halogens is 3. The fourth-order valence-corrected chi connectivity index (χ4v) is 3.12. The van der Waals surface area contributed by atoms with Crippen LogP contribution in [0.15, 0.2) is 16.3 Å². The molecule has 100 valence electrons. The van der Waals surface area contributed by atoms with Gasteiger partial charge in [0.15, 0.2) is 0 Å². The van der Waals surface area contributed by atoms with Crippen LogP contribution in [-0.4, -0.2) is 30.1 Å². The lowest BCUT2D eigenvalue weighted by atomic mass is 9.96. The van der Waals surface area contributed by atoms with Crippen molar-refractivity contribution in [3.63, 3.8) is 0 Å². The van der Waals surface area contributed by atoms with Crippen LogP contribution in [0.2, 0.25) is 0 Å². The number of carbonyl (C=O) groups is 1. The van der Waals surface area contributed by atoms with E-state index in [1.54, 1.807) is 11.4 Å². The fraction of sp³-hybridized carbons (Fsp3) is 0.545. The molecule has 1 aliphatic rings. The third-order valence-electron chi connectivity index (χ3n) is 3.04. The normalized spacial score (nSPS) is 18.1. The molecule has 1 fully saturated rings. The molecule has 1 amide bonds. The van der Waals surface area contributed by atoms with Gasteiger partial charge in [-0.05, 0) is 18.9 Å². The molecule has 1 saturated heterocycles. The zero-order chi connectivity index (χ0) is 13.3. The first-order valence-electron chi connectivity index (χ1n) is 5.51. The van der Waals surface area contributed by atoms with Gasteiger partial charge >= 0.3 is 6.18 Å². The molecule has 2 nitrogen and oxygen atoms in total. The highest BCUT2D eigenvalue weighted by Crippen LogP contribution is 2.34. The number of hydrogen-bond acceptors (Lipinski definition) is 3. The largest absolute Gasteiger partial charge is 0.391 e. The molecule has 0 spiro atoms. The van der Waals surface area contributed by atoms with Crippen LogP contribution in [0.5, 0.6) is 0 Å². The molecule has 1 aliphatic heterocycles. The summed E-state index contributed by atoms with van der Waals surface area (Å²) in [6.45, 7) is 0.339. The minimum Gasteiger partial charge on any atom is -0.338 e. The molecule has 1 aromatic heterocycles. The van der Waals surface area contributed by atoms with Gasteiger partial charge in [0.1, 0.15) is 0 Å². The maximum Gasteiger partial charge on any atom is 0.391 e. The van der Waals surface area contributed by atoms with Gasteiger partial charge in [-0.3, -0.25) is 4.79 Å². The zero-order valence-corrected chi connectivity index (χ0v) is 11.1. The lowest BCUT2D eigenvalue weighted by Crippen LogP contribution is -2.41. The van der Waals surface area contributed by atoms with E-state index in [4.69, 9.17) is 0 Å². The number of piperidine rings is 1. The van der Waals surface area contributed by atoms with Crippen LogP contribution in [0.1, 0.15) is 22.5 Å². The van der Waals surface area contributed by atoms with Crippen molar-refractivity contribution in [2.75, 3.05) is 13.1 Å². The van der Waals surface area contributed by atoms with Gasteiger partial charge in [0.05, 0.1) is 10.8 Å². The van der Waals surface area contributed by atoms with Gasteiger partial charge in [0.25, 0.3) is 5.91 Å². The third-order valence-corrected chi connectivity index (χ3v) is 4.39. The molecule has 7 heteroatoms. The summed E-state index contributed by atoms with van der Waals surface area (Å²) >= 11 is 5.37. The van der Waals surface area contributed by atoms with E-state index in [2.05, 4.69) is 12.6 Å². The lowest BCUT2D eigenvalue weighted by molar-refractivity contribution is -0.183. The van der Waals surface area contributed by atoms with Gasteiger partial charge in [-0.15, -0.1) is 24.0 Å². The number of amides is 1. The predicted molar refractivity (Wildman–Crippen MR) is 66.3 cm³/mol. The Hall–Kier alpha value is -0.690. The van der Waals surface area contributed by atoms with E-state index in [0.29, 0.717) is 9.77 Å². The summed E-state index contributed by atoms with van der Waals surface area (Å²) in [5.74, 6) is -1.47. The molecule has 1 aromatic rings. The van der Waals surface area contributed by atoms with Crippen LogP contribution in [0, 0.1) is 5.92 Å². The quantitative estimate of drug-likeness (QED) is 0.787. The number of nitrogens with zero attached hydrogens (tertiary/aromatic N) is 1. The van der Waals surface area contributed by atoms with Gasteiger partial charge in [0, 0.05) is 23.4 Å². The highest BCUT2D eigenvalue weighted by Gasteiger charge is 2.41. The second-order valence-corrected chi connectivity index (χ2v) is 5.70. The van der Waals surface area contributed by atoms with E-state index >= 15 is 0 Å². The Morgan fingerprint density at radius 1 is 1.39 bits per heavy atom. The molecular formula is C11H12F3NOS2. The molecule has 18 heavy (non-hydrogen) atoms. The molecule has 0 saturated carbocycles. The molecule has 0 radical (unpaired) electrons. The topological polar surface area (TPSA) is 20.3 Å². The summed E-state index contributed by atoms with van der Waals surface area (Å²) in [7, 11) is 0. The second kappa shape index (κ2) is 5.13. The van der Waals surface area contributed by atoms with Crippen molar-refractivity contribution in [2.24, 2.45) is 5.92 Å². The summed E-state index contributed by atoms with van der Waals surface area (Å²) < 4.78 is 37.5. The smallest absolute Gasteiger partial charge is 0.338 e. The van der Waals surface area contributed by atoms with Gasteiger partial charge in [-0.25, -0.2) is 0 Å². The number of thiophene rings is 1. The first-order valence-corrected chi connectivity index (χ1v) is 6.84. The highest BCUT2D eigenvalue weighted by atomic mass is 32.1. The van der Waals surface area contributed by atoms with Crippen LogP contribution < -0.4 is 0 Å². The Morgan fingerprint density at radius 3 is 2.44 bits per heavy atom. The summed E-state index contributed by atoms with van der Waals surface area (Å²) in [4.78, 5) is 14.7. The fourth-order valence-electron chi connectivity index (χ4n) is 2.00. The Bertz CT molecular complexity index is 436. The Labute approximate surface area is 112 Å². The minimum atomic E-state index is -4.14. The summed E-state index contributed by atoms with van der Waals surface area (Å²) in [5.41, 5.74) is 0. The Balaban J connectivity index is 1.96. The standard InChI is InChI=1S/C11H12F3NOS2/c12-11(13,14)7-1-3-15(4-2-7)10(16)9-5-8(17)6-18-9/h5-7,17H,1-4H2. The molecule has 0 aromatic carbocycles. The first kappa shape index (κ1) is 13.7. The first-order chi connectivity index (χ1) is 8.38. The van der Waals surface area contributed by atoms with Crippen LogP contribution in [0.4, 0.5) is 13.2 Å². The van der Waals surface area contributed by atoms with Crippen molar-refractivity contribution >= 4 is 29.9 Å². The van der Waals surface area contributed by atoms with E-state index in [-0.39, 0.29) is 31.8 Å². The van der Waals surface area contributed by atoms with Crippen molar-refractivity contribution in [3.8, 4) is 0 Å². The molecule has 2 rings (SSSR count). The summed E-state index contributed by atoms with van der Waals surface area (Å²) in [5, 5.41) is 1.73. The van der Waals surface area contributed by atoms with E-state index in [1.807, 2.05) is 0 Å². The number of likely N-dealkylation sites (tertiary alicyclic amines) is 1. The molecule has 0 N–H and O–H groups in total. The van der Waals surface area contributed by atoms with Gasteiger partial charge in [-0.1, -0.05) is 0 Å². The highest BCUT2D eigenvalue weighted by molar-refractivity contribution is 7.80. The van der Waals surface area contributed by atoms with Crippen molar-refractivity contribution in [2.45, 2.75) is 23.9 Å². The Morgan fingerprint density at radius 2 is 2.00 bits per heavy atom. The third kappa shape index (κ3) is 3.00.